The number of aryl methyl sites for hydroxylation is 2. The lowest BCUT2D eigenvalue weighted by molar-refractivity contribution is 0.461. The van der Waals surface area contributed by atoms with Gasteiger partial charge in [0.05, 0.1) is 28.2 Å². The molecule has 0 radical (unpaired) electrons. The fourth-order valence-corrected chi connectivity index (χ4v) is 4.03. The summed E-state index contributed by atoms with van der Waals surface area (Å²) >= 11 is 0. The zero-order chi connectivity index (χ0) is 21.3. The highest BCUT2D eigenvalue weighted by molar-refractivity contribution is 6.16. The van der Waals surface area contributed by atoms with Crippen molar-refractivity contribution in [3.8, 4) is 17.3 Å². The van der Waals surface area contributed by atoms with E-state index in [0.29, 0.717) is 39.0 Å². The van der Waals surface area contributed by atoms with E-state index >= 15 is 0 Å². The number of pyridine rings is 1. The fraction of sp³-hybridized carbons (Fsp3) is 0.143. The fourth-order valence-electron chi connectivity index (χ4n) is 4.03. The first-order chi connectivity index (χ1) is 14.3. The molecule has 0 fully saturated rings. The predicted molar refractivity (Wildman–Crippen MR) is 109 cm³/mol. The molecular weight excluding hydrogens is 387 g/mol. The average Bonchev–Trinajstić information content (AvgIpc) is 2.90. The average molecular weight is 404 g/mol. The molecule has 0 atom stereocenters. The minimum absolute atomic E-state index is 0.0579. The molecule has 4 N–H and O–H groups in total. The molecule has 0 bridgehead atoms. The van der Waals surface area contributed by atoms with Crippen molar-refractivity contribution in [2.45, 2.75) is 20.8 Å². The highest BCUT2D eigenvalue weighted by atomic mass is 19.1. The van der Waals surface area contributed by atoms with Crippen molar-refractivity contribution >= 4 is 32.8 Å². The zero-order valence-corrected chi connectivity index (χ0v) is 16.4. The third kappa shape index (κ3) is 2.25. The van der Waals surface area contributed by atoms with Crippen molar-refractivity contribution < 1.29 is 14.6 Å². The molecule has 0 aliphatic carbocycles. The molecule has 0 spiro atoms. The summed E-state index contributed by atoms with van der Waals surface area (Å²) in [5, 5.41) is 30.8. The van der Waals surface area contributed by atoms with Crippen LogP contribution < -0.4 is 5.49 Å². The number of halogens is 1. The Bertz CT molecular complexity index is 1580. The molecular formula is C21H17FN6O2. The molecule has 5 rings (SSSR count). The molecule has 0 amide bonds. The van der Waals surface area contributed by atoms with E-state index in [1.54, 1.807) is 30.5 Å². The van der Waals surface area contributed by atoms with E-state index in [4.69, 9.17) is 5.41 Å². The summed E-state index contributed by atoms with van der Waals surface area (Å²) in [5.74, 6) is -0.558. The number of nitrogens with one attached hydrogen (secondary N) is 2. The highest BCUT2D eigenvalue weighted by Gasteiger charge is 2.23. The number of hydrogen-bond donors (Lipinski definition) is 4. The van der Waals surface area contributed by atoms with Crippen molar-refractivity contribution in [2.75, 3.05) is 0 Å². The number of benzene rings is 1. The van der Waals surface area contributed by atoms with Crippen LogP contribution in [0, 0.1) is 32.0 Å². The van der Waals surface area contributed by atoms with Gasteiger partial charge in [0, 0.05) is 17.1 Å². The minimum Gasteiger partial charge on any atom is -0.508 e. The Kier molecular flexibility index (Phi) is 3.60. The van der Waals surface area contributed by atoms with Crippen LogP contribution in [-0.4, -0.2) is 34.7 Å². The molecule has 1 aromatic carbocycles. The largest absolute Gasteiger partial charge is 0.508 e. The molecule has 9 heteroatoms. The predicted octanol–water partition coefficient (Wildman–Crippen LogP) is 3.41. The third-order valence-electron chi connectivity index (χ3n) is 5.39. The molecule has 30 heavy (non-hydrogen) atoms. The molecule has 5 aromatic rings. The topological polar surface area (TPSA) is 124 Å². The van der Waals surface area contributed by atoms with Crippen LogP contribution in [0.4, 0.5) is 4.39 Å². The number of nitrogens with zero attached hydrogens (tertiary/aromatic N) is 4. The van der Waals surface area contributed by atoms with E-state index in [0.717, 1.165) is 11.8 Å². The minimum atomic E-state index is -0.681. The number of rotatable bonds is 1. The first-order valence-corrected chi connectivity index (χ1v) is 9.21. The van der Waals surface area contributed by atoms with Crippen LogP contribution in [0.3, 0.4) is 0 Å². The van der Waals surface area contributed by atoms with Crippen LogP contribution in [0.25, 0.3) is 38.5 Å². The Morgan fingerprint density at radius 3 is 2.60 bits per heavy atom. The molecule has 0 saturated carbocycles. The lowest BCUT2D eigenvalue weighted by atomic mass is 10.1. The number of hydrogen-bond acceptors (Lipinski definition) is 6. The summed E-state index contributed by atoms with van der Waals surface area (Å²) in [7, 11) is 0. The number of fused-ring (bicyclic) bond motifs is 2. The normalized spacial score (nSPS) is 11.7. The van der Waals surface area contributed by atoms with Crippen LogP contribution >= 0.6 is 0 Å². The number of aromatic amines is 1. The standard InChI is InChI=1S/C21H17FN6O2/c1-8-4-5-13(29)9(2)18(8)28-19(23)15-14-17(25-10(3)26-20(14)28)11-6-24-7-12(22)16(11)27-21(15)30/h4-7,23,29-30H,1-3H3,(H,25,26). The van der Waals surface area contributed by atoms with Gasteiger partial charge in [-0.05, 0) is 32.4 Å². The van der Waals surface area contributed by atoms with Gasteiger partial charge in [0.1, 0.15) is 22.6 Å². The summed E-state index contributed by atoms with van der Waals surface area (Å²) < 4.78 is 16.0. The molecule has 150 valence electrons. The van der Waals surface area contributed by atoms with E-state index in [1.807, 2.05) is 6.92 Å². The summed E-state index contributed by atoms with van der Waals surface area (Å²) in [6.07, 6.45) is 2.49. The van der Waals surface area contributed by atoms with Crippen LogP contribution in [-0.2, 0) is 0 Å². The monoisotopic (exact) mass is 404 g/mol. The van der Waals surface area contributed by atoms with Gasteiger partial charge >= 0.3 is 0 Å². The van der Waals surface area contributed by atoms with Crippen molar-refractivity contribution in [2.24, 2.45) is 0 Å². The summed E-state index contributed by atoms with van der Waals surface area (Å²) in [4.78, 5) is 15.7. The molecule has 0 aliphatic rings. The van der Waals surface area contributed by atoms with Crippen LogP contribution in [0.15, 0.2) is 24.5 Å². The van der Waals surface area contributed by atoms with Crippen LogP contribution in [0.2, 0.25) is 0 Å². The highest BCUT2D eigenvalue weighted by Crippen LogP contribution is 2.35. The number of phenolic OH excluding ortho intramolecular Hbond substituents is 1. The van der Waals surface area contributed by atoms with Crippen molar-refractivity contribution in [1.82, 2.24) is 24.5 Å². The summed E-state index contributed by atoms with van der Waals surface area (Å²) in [6, 6.07) is 3.34. The first kappa shape index (κ1) is 18.0. The third-order valence-corrected chi connectivity index (χ3v) is 5.39. The first-order valence-electron chi connectivity index (χ1n) is 9.21. The lowest BCUT2D eigenvalue weighted by Crippen LogP contribution is -2.16. The maximum Gasteiger partial charge on any atom is 0.223 e. The van der Waals surface area contributed by atoms with Gasteiger partial charge in [-0.1, -0.05) is 6.07 Å². The van der Waals surface area contributed by atoms with Gasteiger partial charge in [0.15, 0.2) is 11.5 Å². The Balaban J connectivity index is 2.14. The number of aromatic nitrogens is 5. The van der Waals surface area contributed by atoms with E-state index < -0.39 is 11.7 Å². The van der Waals surface area contributed by atoms with Crippen molar-refractivity contribution in [3.05, 3.63) is 52.8 Å². The number of aromatic hydroxyl groups is 2. The molecule has 0 aliphatic heterocycles. The van der Waals surface area contributed by atoms with Gasteiger partial charge in [-0.2, -0.15) is 0 Å². The smallest absolute Gasteiger partial charge is 0.223 e. The number of H-pyrrole nitrogens is 1. The quantitative estimate of drug-likeness (QED) is 0.341. The Hall–Kier alpha value is -4.01. The van der Waals surface area contributed by atoms with Gasteiger partial charge < -0.3 is 15.2 Å². The van der Waals surface area contributed by atoms with Gasteiger partial charge in [0.25, 0.3) is 0 Å². The maximum absolute atomic E-state index is 14.4. The second-order valence-electron chi connectivity index (χ2n) is 7.28. The van der Waals surface area contributed by atoms with Gasteiger partial charge in [-0.3, -0.25) is 15.0 Å². The lowest BCUT2D eigenvalue weighted by Gasteiger charge is -2.14. The van der Waals surface area contributed by atoms with Gasteiger partial charge in [0.2, 0.25) is 5.88 Å². The van der Waals surface area contributed by atoms with E-state index in [1.165, 1.54) is 6.20 Å². The molecule has 8 nitrogen and oxygen atoms in total. The molecule has 4 heterocycles. The number of phenols is 1. The van der Waals surface area contributed by atoms with Crippen molar-refractivity contribution in [3.63, 3.8) is 0 Å². The van der Waals surface area contributed by atoms with E-state index in [2.05, 4.69) is 19.9 Å². The molecule has 0 saturated heterocycles. The second-order valence-corrected chi connectivity index (χ2v) is 7.28. The summed E-state index contributed by atoms with van der Waals surface area (Å²) in [6.45, 7) is 5.36. The maximum atomic E-state index is 14.4. The Morgan fingerprint density at radius 1 is 1.07 bits per heavy atom. The van der Waals surface area contributed by atoms with Gasteiger partial charge in [-0.25, -0.2) is 14.4 Å². The van der Waals surface area contributed by atoms with E-state index in [-0.39, 0.29) is 22.1 Å². The second kappa shape index (κ2) is 5.99. The summed E-state index contributed by atoms with van der Waals surface area (Å²) in [5.41, 5.74) is 2.70. The Labute approximate surface area is 168 Å². The van der Waals surface area contributed by atoms with Crippen LogP contribution in [0.5, 0.6) is 11.6 Å². The SMILES string of the molecule is Cc1nc2c3c(c(O)nc4c(F)cncc4c3[nH]1)c(=N)n2-c1c(C)ccc(O)c1C. The molecule has 0 unspecified atom stereocenters. The zero-order valence-electron chi connectivity index (χ0n) is 16.4. The molecule has 4 aromatic heterocycles. The van der Waals surface area contributed by atoms with Gasteiger partial charge in [-0.15, -0.1) is 0 Å². The Morgan fingerprint density at radius 2 is 1.83 bits per heavy atom. The van der Waals surface area contributed by atoms with Crippen molar-refractivity contribution in [1.29, 1.82) is 5.41 Å². The van der Waals surface area contributed by atoms with Crippen LogP contribution in [0.1, 0.15) is 17.0 Å². The van der Waals surface area contributed by atoms with E-state index in [9.17, 15) is 14.6 Å².